The van der Waals surface area contributed by atoms with E-state index in [2.05, 4.69) is 22.4 Å². The van der Waals surface area contributed by atoms with Crippen molar-refractivity contribution in [2.45, 2.75) is 45.6 Å². The van der Waals surface area contributed by atoms with Crippen molar-refractivity contribution in [3.05, 3.63) is 29.7 Å². The number of hydrogen-bond donors (Lipinski definition) is 1. The molecule has 2 atom stereocenters. The van der Waals surface area contributed by atoms with Gasteiger partial charge in [-0.05, 0) is 37.8 Å². The van der Waals surface area contributed by atoms with Gasteiger partial charge in [-0.15, -0.1) is 10.2 Å². The molecule has 0 bridgehead atoms. The zero-order valence-corrected chi connectivity index (χ0v) is 12.0. The molecule has 1 aliphatic carbocycles. The minimum atomic E-state index is -0.00750. The maximum Gasteiger partial charge on any atom is 0.251 e. The Hall–Kier alpha value is -1.91. The number of carbonyl (C=O) groups is 1. The first-order valence-electron chi connectivity index (χ1n) is 7.27. The van der Waals surface area contributed by atoms with Gasteiger partial charge in [0.05, 0.1) is 0 Å². The molecule has 0 spiro atoms. The molecule has 2 heterocycles. The minimum Gasteiger partial charge on any atom is -0.349 e. The Morgan fingerprint density at radius 1 is 1.35 bits per heavy atom. The fourth-order valence-electron chi connectivity index (χ4n) is 2.93. The molecule has 2 aromatic rings. The van der Waals surface area contributed by atoms with Crippen molar-refractivity contribution in [2.75, 3.05) is 0 Å². The van der Waals surface area contributed by atoms with Crippen LogP contribution in [-0.4, -0.2) is 26.5 Å². The van der Waals surface area contributed by atoms with Crippen LogP contribution in [0.5, 0.6) is 0 Å². The predicted molar refractivity (Wildman–Crippen MR) is 76.6 cm³/mol. The first-order chi connectivity index (χ1) is 9.65. The standard InChI is InChI=1S/C15H20N4O/c1-10-5-3-4-6-13(10)16-15(20)12-7-8-19-11(2)17-18-14(19)9-12/h7-10,13H,3-6H2,1-2H3,(H,16,20). The van der Waals surface area contributed by atoms with Crippen LogP contribution in [0.15, 0.2) is 18.3 Å². The van der Waals surface area contributed by atoms with Gasteiger partial charge in [-0.2, -0.15) is 0 Å². The summed E-state index contributed by atoms with van der Waals surface area (Å²) in [6.45, 7) is 4.11. The number of rotatable bonds is 2. The summed E-state index contributed by atoms with van der Waals surface area (Å²) in [4.78, 5) is 12.3. The molecule has 2 aromatic heterocycles. The Morgan fingerprint density at radius 3 is 2.95 bits per heavy atom. The average molecular weight is 272 g/mol. The van der Waals surface area contributed by atoms with Gasteiger partial charge in [0.2, 0.25) is 0 Å². The molecular weight excluding hydrogens is 252 g/mol. The minimum absolute atomic E-state index is 0.00750. The summed E-state index contributed by atoms with van der Waals surface area (Å²) in [5.41, 5.74) is 1.37. The van der Waals surface area contributed by atoms with E-state index in [4.69, 9.17) is 0 Å². The Bertz CT molecular complexity index is 634. The van der Waals surface area contributed by atoms with Crippen molar-refractivity contribution in [3.8, 4) is 0 Å². The van der Waals surface area contributed by atoms with Crippen LogP contribution in [0.2, 0.25) is 0 Å². The molecule has 106 valence electrons. The molecule has 0 aromatic carbocycles. The van der Waals surface area contributed by atoms with Crippen LogP contribution in [0, 0.1) is 12.8 Å². The maximum atomic E-state index is 12.3. The van der Waals surface area contributed by atoms with Gasteiger partial charge in [-0.25, -0.2) is 0 Å². The van der Waals surface area contributed by atoms with Crippen LogP contribution in [-0.2, 0) is 0 Å². The largest absolute Gasteiger partial charge is 0.349 e. The number of aryl methyl sites for hydroxylation is 1. The van der Waals surface area contributed by atoms with Crippen molar-refractivity contribution in [2.24, 2.45) is 5.92 Å². The van der Waals surface area contributed by atoms with Crippen molar-refractivity contribution in [1.82, 2.24) is 19.9 Å². The van der Waals surface area contributed by atoms with Crippen LogP contribution in [0.3, 0.4) is 0 Å². The van der Waals surface area contributed by atoms with Gasteiger partial charge in [-0.1, -0.05) is 19.8 Å². The van der Waals surface area contributed by atoms with Crippen molar-refractivity contribution in [1.29, 1.82) is 0 Å². The first-order valence-corrected chi connectivity index (χ1v) is 7.27. The van der Waals surface area contributed by atoms with Crippen LogP contribution in [0.1, 0.15) is 48.8 Å². The molecule has 1 amide bonds. The normalized spacial score (nSPS) is 22.9. The highest BCUT2D eigenvalue weighted by molar-refractivity contribution is 5.95. The number of nitrogens with one attached hydrogen (secondary N) is 1. The number of hydrogen-bond acceptors (Lipinski definition) is 3. The number of nitrogens with zero attached hydrogens (tertiary/aromatic N) is 3. The van der Waals surface area contributed by atoms with E-state index in [1.807, 2.05) is 23.6 Å². The van der Waals surface area contributed by atoms with Crippen LogP contribution in [0.4, 0.5) is 0 Å². The molecule has 2 unspecified atom stereocenters. The number of carbonyl (C=O) groups excluding carboxylic acids is 1. The summed E-state index contributed by atoms with van der Waals surface area (Å²) >= 11 is 0. The number of amides is 1. The summed E-state index contributed by atoms with van der Waals surface area (Å²) in [7, 11) is 0. The molecule has 0 saturated heterocycles. The average Bonchev–Trinajstić information content (AvgIpc) is 2.82. The van der Waals surface area contributed by atoms with Gasteiger partial charge >= 0.3 is 0 Å². The number of pyridine rings is 1. The van der Waals surface area contributed by atoms with E-state index in [1.165, 1.54) is 19.3 Å². The van der Waals surface area contributed by atoms with E-state index in [9.17, 15) is 4.79 Å². The highest BCUT2D eigenvalue weighted by atomic mass is 16.1. The quantitative estimate of drug-likeness (QED) is 0.913. The van der Waals surface area contributed by atoms with E-state index < -0.39 is 0 Å². The Balaban J connectivity index is 1.78. The number of fused-ring (bicyclic) bond motifs is 1. The lowest BCUT2D eigenvalue weighted by Gasteiger charge is -2.29. The smallest absolute Gasteiger partial charge is 0.251 e. The zero-order valence-electron chi connectivity index (χ0n) is 12.0. The fraction of sp³-hybridized carbons (Fsp3) is 0.533. The van der Waals surface area contributed by atoms with Crippen LogP contribution < -0.4 is 5.32 Å². The lowest BCUT2D eigenvalue weighted by Crippen LogP contribution is -2.41. The number of aromatic nitrogens is 3. The Kier molecular flexibility index (Phi) is 3.42. The molecule has 0 radical (unpaired) electrons. The third kappa shape index (κ3) is 2.40. The second-order valence-corrected chi connectivity index (χ2v) is 5.73. The van der Waals surface area contributed by atoms with Gasteiger partial charge in [0.15, 0.2) is 5.65 Å². The van der Waals surface area contributed by atoms with Gasteiger partial charge in [0.1, 0.15) is 5.82 Å². The van der Waals surface area contributed by atoms with Gasteiger partial charge in [0.25, 0.3) is 5.91 Å². The highest BCUT2D eigenvalue weighted by Crippen LogP contribution is 2.24. The Labute approximate surface area is 118 Å². The Morgan fingerprint density at radius 2 is 2.15 bits per heavy atom. The van der Waals surface area contributed by atoms with E-state index >= 15 is 0 Å². The van der Waals surface area contributed by atoms with E-state index in [1.54, 1.807) is 6.07 Å². The van der Waals surface area contributed by atoms with Crippen molar-refractivity contribution < 1.29 is 4.79 Å². The molecule has 1 saturated carbocycles. The lowest BCUT2D eigenvalue weighted by atomic mass is 9.86. The molecule has 5 heteroatoms. The second kappa shape index (κ2) is 5.23. The molecule has 1 fully saturated rings. The molecule has 1 aliphatic rings. The predicted octanol–water partition coefficient (Wildman–Crippen LogP) is 2.35. The second-order valence-electron chi connectivity index (χ2n) is 5.73. The van der Waals surface area contributed by atoms with Crippen LogP contribution >= 0.6 is 0 Å². The third-order valence-electron chi connectivity index (χ3n) is 4.27. The van der Waals surface area contributed by atoms with Crippen molar-refractivity contribution >= 4 is 11.6 Å². The summed E-state index contributed by atoms with van der Waals surface area (Å²) in [6.07, 6.45) is 6.62. The zero-order chi connectivity index (χ0) is 14.1. The fourth-order valence-corrected chi connectivity index (χ4v) is 2.93. The molecular formula is C15H20N4O. The maximum absolute atomic E-state index is 12.3. The third-order valence-corrected chi connectivity index (χ3v) is 4.27. The molecule has 1 N–H and O–H groups in total. The van der Waals surface area contributed by atoms with E-state index in [-0.39, 0.29) is 5.91 Å². The molecule has 3 rings (SSSR count). The van der Waals surface area contributed by atoms with Gasteiger partial charge < -0.3 is 5.32 Å². The summed E-state index contributed by atoms with van der Waals surface area (Å²) in [6, 6.07) is 3.92. The monoisotopic (exact) mass is 272 g/mol. The summed E-state index contributed by atoms with van der Waals surface area (Å²) in [5, 5.41) is 11.2. The van der Waals surface area contributed by atoms with E-state index in [0.717, 1.165) is 12.2 Å². The van der Waals surface area contributed by atoms with Gasteiger partial charge in [-0.3, -0.25) is 9.20 Å². The highest BCUT2D eigenvalue weighted by Gasteiger charge is 2.23. The van der Waals surface area contributed by atoms with Crippen molar-refractivity contribution in [3.63, 3.8) is 0 Å². The first kappa shape index (κ1) is 13.1. The topological polar surface area (TPSA) is 59.3 Å². The molecule has 0 aliphatic heterocycles. The lowest BCUT2D eigenvalue weighted by molar-refractivity contribution is 0.0910. The molecule has 20 heavy (non-hydrogen) atoms. The van der Waals surface area contributed by atoms with Crippen LogP contribution in [0.25, 0.3) is 5.65 Å². The van der Waals surface area contributed by atoms with Gasteiger partial charge in [0, 0.05) is 17.8 Å². The van der Waals surface area contributed by atoms with E-state index in [0.29, 0.717) is 23.2 Å². The SMILES string of the molecule is Cc1nnc2cc(C(=O)NC3CCCCC3C)ccn12. The molecule has 5 nitrogen and oxygen atoms in total. The summed E-state index contributed by atoms with van der Waals surface area (Å²) in [5.74, 6) is 1.38. The summed E-state index contributed by atoms with van der Waals surface area (Å²) < 4.78 is 1.88.